The lowest BCUT2D eigenvalue weighted by Crippen LogP contribution is -2.26. The molecule has 1 aliphatic heterocycles. The molecule has 2 N–H and O–H groups in total. The van der Waals surface area contributed by atoms with Crippen LogP contribution in [0.3, 0.4) is 0 Å². The van der Waals surface area contributed by atoms with Crippen LogP contribution in [0.15, 0.2) is 17.6 Å². The minimum absolute atomic E-state index is 0. The lowest BCUT2D eigenvalue weighted by molar-refractivity contribution is 0.0746. The second-order valence-electron chi connectivity index (χ2n) is 6.10. The van der Waals surface area contributed by atoms with E-state index in [9.17, 15) is 4.79 Å². The molecule has 0 fully saturated rings. The molecule has 1 atom stereocenters. The average Bonchev–Trinajstić information content (AvgIpc) is 3.11. The van der Waals surface area contributed by atoms with Crippen molar-refractivity contribution < 1.29 is 4.79 Å². The number of hydrogen-bond acceptors (Lipinski definition) is 5. The molecular weight excluding hydrogens is 367 g/mol. The van der Waals surface area contributed by atoms with Crippen molar-refractivity contribution in [2.45, 2.75) is 39.9 Å². The van der Waals surface area contributed by atoms with E-state index >= 15 is 0 Å². The quantitative estimate of drug-likeness (QED) is 0.872. The number of nitrogens with two attached hydrogens (primary N) is 1. The van der Waals surface area contributed by atoms with Crippen LogP contribution in [0.5, 0.6) is 0 Å². The molecule has 1 aliphatic rings. The van der Waals surface area contributed by atoms with Crippen LogP contribution in [-0.4, -0.2) is 20.8 Å². The molecule has 0 saturated heterocycles. The topological polar surface area (TPSA) is 72.1 Å². The summed E-state index contributed by atoms with van der Waals surface area (Å²) in [6.07, 6.45) is 1.86. The van der Waals surface area contributed by atoms with Crippen molar-refractivity contribution in [3.63, 3.8) is 0 Å². The van der Waals surface area contributed by atoms with Crippen LogP contribution < -0.4 is 5.73 Å². The Morgan fingerprint density at radius 2 is 1.96 bits per heavy atom. The Hall–Kier alpha value is -1.21. The first-order chi connectivity index (χ1) is 10.5. The third-order valence-electron chi connectivity index (χ3n) is 3.97. The van der Waals surface area contributed by atoms with Gasteiger partial charge in [-0.05, 0) is 30.0 Å². The first-order valence-electron chi connectivity index (χ1n) is 7.40. The highest BCUT2D eigenvalue weighted by Gasteiger charge is 2.27. The molecule has 1 amide bonds. The maximum atomic E-state index is 12.6. The summed E-state index contributed by atoms with van der Waals surface area (Å²) in [6.45, 7) is 7.30. The molecule has 132 valence electrons. The highest BCUT2D eigenvalue weighted by Crippen LogP contribution is 2.26. The highest BCUT2D eigenvalue weighted by molar-refractivity contribution is 7.09. The van der Waals surface area contributed by atoms with E-state index in [-0.39, 0.29) is 36.8 Å². The molecule has 0 saturated carbocycles. The van der Waals surface area contributed by atoms with Gasteiger partial charge in [-0.25, -0.2) is 4.98 Å². The van der Waals surface area contributed by atoms with Crippen LogP contribution >= 0.6 is 36.2 Å². The first-order valence-corrected chi connectivity index (χ1v) is 8.28. The van der Waals surface area contributed by atoms with Crippen LogP contribution in [0.4, 0.5) is 0 Å². The van der Waals surface area contributed by atoms with E-state index in [4.69, 9.17) is 5.73 Å². The molecule has 8 heteroatoms. The van der Waals surface area contributed by atoms with Gasteiger partial charge < -0.3 is 10.6 Å². The zero-order chi connectivity index (χ0) is 15.9. The Bertz CT molecular complexity index is 720. The summed E-state index contributed by atoms with van der Waals surface area (Å²) >= 11 is 1.46. The molecule has 3 heterocycles. The largest absolute Gasteiger partial charge is 0.329 e. The molecule has 0 radical (unpaired) electrons. The van der Waals surface area contributed by atoms with Gasteiger partial charge in [-0.3, -0.25) is 9.78 Å². The van der Waals surface area contributed by atoms with Crippen molar-refractivity contribution in [2.75, 3.05) is 0 Å². The van der Waals surface area contributed by atoms with Gasteiger partial charge in [-0.1, -0.05) is 13.8 Å². The summed E-state index contributed by atoms with van der Waals surface area (Å²) in [5, 5.41) is 2.64. The molecule has 0 spiro atoms. The number of rotatable bonds is 3. The van der Waals surface area contributed by atoms with Gasteiger partial charge >= 0.3 is 0 Å². The van der Waals surface area contributed by atoms with Gasteiger partial charge in [-0.15, -0.1) is 36.2 Å². The molecule has 0 bridgehead atoms. The van der Waals surface area contributed by atoms with Crippen molar-refractivity contribution in [1.82, 2.24) is 14.9 Å². The monoisotopic (exact) mass is 388 g/mol. The normalized spacial score (nSPS) is 14.0. The predicted molar refractivity (Wildman–Crippen MR) is 101 cm³/mol. The number of aryl methyl sites for hydroxylation is 1. The number of thiazole rings is 1. The molecule has 2 aromatic heterocycles. The Morgan fingerprint density at radius 3 is 2.62 bits per heavy atom. The molecular formula is C16H22Cl2N4OS. The maximum Gasteiger partial charge on any atom is 0.273 e. The maximum absolute atomic E-state index is 12.6. The van der Waals surface area contributed by atoms with Gasteiger partial charge in [0, 0.05) is 30.4 Å². The molecule has 2 aromatic rings. The third-order valence-corrected chi connectivity index (χ3v) is 4.92. The molecule has 3 rings (SSSR count). The van der Waals surface area contributed by atoms with Crippen molar-refractivity contribution in [1.29, 1.82) is 0 Å². The Balaban J connectivity index is 0.00000144. The lowest BCUT2D eigenvalue weighted by Gasteiger charge is -2.14. The number of pyridine rings is 1. The summed E-state index contributed by atoms with van der Waals surface area (Å²) in [7, 11) is 0. The van der Waals surface area contributed by atoms with Crippen LogP contribution in [0.2, 0.25) is 0 Å². The summed E-state index contributed by atoms with van der Waals surface area (Å²) in [5.41, 5.74) is 9.87. The zero-order valence-corrected chi connectivity index (χ0v) is 16.3. The third kappa shape index (κ3) is 4.06. The highest BCUT2D eigenvalue weighted by atomic mass is 35.5. The number of fused-ring (bicyclic) bond motifs is 1. The summed E-state index contributed by atoms with van der Waals surface area (Å²) in [4.78, 5) is 23.2. The van der Waals surface area contributed by atoms with Crippen LogP contribution in [0, 0.1) is 12.8 Å². The van der Waals surface area contributed by atoms with E-state index in [1.807, 2.05) is 29.5 Å². The molecule has 0 aliphatic carbocycles. The van der Waals surface area contributed by atoms with E-state index < -0.39 is 0 Å². The second-order valence-corrected chi connectivity index (χ2v) is 6.99. The SMILES string of the molecule is Cc1cc2c(cn1)CN(C(=O)c1csc([C@@H](N)C(C)C)n1)C2.Cl.Cl. The van der Waals surface area contributed by atoms with E-state index in [0.29, 0.717) is 24.7 Å². The van der Waals surface area contributed by atoms with Crippen molar-refractivity contribution in [3.8, 4) is 0 Å². The number of nitrogens with zero attached hydrogens (tertiary/aromatic N) is 3. The van der Waals surface area contributed by atoms with Crippen molar-refractivity contribution >= 4 is 42.1 Å². The van der Waals surface area contributed by atoms with Crippen LogP contribution in [-0.2, 0) is 13.1 Å². The van der Waals surface area contributed by atoms with Gasteiger partial charge in [0.2, 0.25) is 0 Å². The van der Waals surface area contributed by atoms with E-state index in [1.54, 1.807) is 0 Å². The second kappa shape index (κ2) is 8.25. The zero-order valence-electron chi connectivity index (χ0n) is 13.9. The number of hydrogen-bond donors (Lipinski definition) is 1. The number of halogens is 2. The van der Waals surface area contributed by atoms with E-state index in [0.717, 1.165) is 16.3 Å². The minimum atomic E-state index is -0.117. The molecule has 24 heavy (non-hydrogen) atoms. The van der Waals surface area contributed by atoms with Gasteiger partial charge in [0.25, 0.3) is 5.91 Å². The first kappa shape index (κ1) is 20.8. The van der Waals surface area contributed by atoms with Crippen LogP contribution in [0.25, 0.3) is 0 Å². The number of carbonyl (C=O) groups excluding carboxylic acids is 1. The van der Waals surface area contributed by atoms with Gasteiger partial charge in [0.1, 0.15) is 10.7 Å². The van der Waals surface area contributed by atoms with Crippen LogP contribution in [0.1, 0.15) is 52.2 Å². The fraction of sp³-hybridized carbons (Fsp3) is 0.438. The number of amides is 1. The van der Waals surface area contributed by atoms with E-state index in [1.165, 1.54) is 16.9 Å². The Kier molecular flexibility index (Phi) is 7.16. The fourth-order valence-corrected chi connectivity index (χ4v) is 3.50. The fourth-order valence-electron chi connectivity index (χ4n) is 2.53. The van der Waals surface area contributed by atoms with Gasteiger partial charge in [0.05, 0.1) is 6.04 Å². The summed E-state index contributed by atoms with van der Waals surface area (Å²) in [6, 6.07) is 1.93. The van der Waals surface area contributed by atoms with Gasteiger partial charge in [0.15, 0.2) is 0 Å². The smallest absolute Gasteiger partial charge is 0.273 e. The lowest BCUT2D eigenvalue weighted by atomic mass is 10.1. The minimum Gasteiger partial charge on any atom is -0.329 e. The van der Waals surface area contributed by atoms with E-state index in [2.05, 4.69) is 23.8 Å². The van der Waals surface area contributed by atoms with Crippen molar-refractivity contribution in [2.24, 2.45) is 11.7 Å². The molecule has 0 unspecified atom stereocenters. The average molecular weight is 389 g/mol. The van der Waals surface area contributed by atoms with Crippen molar-refractivity contribution in [3.05, 3.63) is 45.2 Å². The standard InChI is InChI=1S/C16H20N4OS.2ClH/c1-9(2)14(17)15-19-13(8-22-15)16(21)20-6-11-4-10(3)18-5-12(11)7-20;;/h4-5,8-9,14H,6-7,17H2,1-3H3;2*1H/t14-;;/m0../s1. The van der Waals surface area contributed by atoms with Gasteiger partial charge in [-0.2, -0.15) is 0 Å². The number of carbonyl (C=O) groups is 1. The number of aromatic nitrogens is 2. The predicted octanol–water partition coefficient (Wildman–Crippen LogP) is 3.50. The summed E-state index contributed by atoms with van der Waals surface area (Å²) in [5.74, 6) is 0.270. The Labute approximate surface area is 158 Å². The molecule has 0 aromatic carbocycles. The molecule has 5 nitrogen and oxygen atoms in total. The summed E-state index contributed by atoms with van der Waals surface area (Å²) < 4.78 is 0. The Morgan fingerprint density at radius 1 is 1.29 bits per heavy atom.